The number of carbonyl (C=O) groups excluding carboxylic acids is 1. The molecule has 2 N–H and O–H groups in total. The van der Waals surface area contributed by atoms with Crippen LogP contribution in [0.25, 0.3) is 0 Å². The lowest BCUT2D eigenvalue weighted by atomic mass is 9.94. The third-order valence-corrected chi connectivity index (χ3v) is 5.12. The summed E-state index contributed by atoms with van der Waals surface area (Å²) < 4.78 is 25.1. The highest BCUT2D eigenvalue weighted by Crippen LogP contribution is 2.29. The molecule has 3 rings (SSSR count). The molecule has 0 radical (unpaired) electrons. The van der Waals surface area contributed by atoms with Gasteiger partial charge in [0.25, 0.3) is 0 Å². The number of carbonyl (C=O) groups is 1. The van der Waals surface area contributed by atoms with E-state index >= 15 is 0 Å². The summed E-state index contributed by atoms with van der Waals surface area (Å²) in [6.45, 7) is 3.73. The molecule has 25 heavy (non-hydrogen) atoms. The van der Waals surface area contributed by atoms with Crippen molar-refractivity contribution in [3.8, 4) is 0 Å². The third kappa shape index (κ3) is 4.91. The molecule has 1 aromatic rings. The first-order valence-electron chi connectivity index (χ1n) is 8.78. The topological polar surface area (TPSA) is 59.6 Å². The SMILES string of the molecule is O=C(NC[C@@H]1CNCCO[C@H]1c1ccc(Cl)c(F)c1)C1CCOCC1. The molecule has 0 spiro atoms. The molecule has 0 saturated carbocycles. The van der Waals surface area contributed by atoms with E-state index < -0.39 is 5.82 Å². The van der Waals surface area contributed by atoms with Gasteiger partial charge in [-0.15, -0.1) is 0 Å². The Labute approximate surface area is 152 Å². The zero-order valence-electron chi connectivity index (χ0n) is 14.1. The van der Waals surface area contributed by atoms with Gasteiger partial charge in [0.15, 0.2) is 0 Å². The van der Waals surface area contributed by atoms with Gasteiger partial charge in [0.05, 0.1) is 17.7 Å². The Morgan fingerprint density at radius 2 is 2.12 bits per heavy atom. The summed E-state index contributed by atoms with van der Waals surface area (Å²) in [5.74, 6) is -0.356. The molecule has 1 aromatic carbocycles. The smallest absolute Gasteiger partial charge is 0.223 e. The van der Waals surface area contributed by atoms with Crippen LogP contribution in [-0.4, -0.2) is 45.4 Å². The van der Waals surface area contributed by atoms with Crippen LogP contribution < -0.4 is 10.6 Å². The first-order valence-corrected chi connectivity index (χ1v) is 9.15. The van der Waals surface area contributed by atoms with E-state index in [1.54, 1.807) is 12.1 Å². The van der Waals surface area contributed by atoms with Crippen molar-refractivity contribution in [2.24, 2.45) is 11.8 Å². The van der Waals surface area contributed by atoms with Crippen molar-refractivity contribution >= 4 is 17.5 Å². The van der Waals surface area contributed by atoms with Gasteiger partial charge in [-0.3, -0.25) is 4.79 Å². The molecule has 0 bridgehead atoms. The summed E-state index contributed by atoms with van der Waals surface area (Å²) in [5, 5.41) is 6.45. The van der Waals surface area contributed by atoms with Gasteiger partial charge in [-0.1, -0.05) is 17.7 Å². The Morgan fingerprint density at radius 3 is 2.88 bits per heavy atom. The second-order valence-electron chi connectivity index (χ2n) is 6.56. The van der Waals surface area contributed by atoms with Crippen LogP contribution in [0.2, 0.25) is 5.02 Å². The predicted molar refractivity (Wildman–Crippen MR) is 93.0 cm³/mol. The summed E-state index contributed by atoms with van der Waals surface area (Å²) in [6, 6.07) is 4.76. The molecule has 5 nitrogen and oxygen atoms in total. The van der Waals surface area contributed by atoms with Gasteiger partial charge in [0, 0.05) is 44.7 Å². The molecular weight excluding hydrogens is 347 g/mol. The predicted octanol–water partition coefficient (Wildman–Crippen LogP) is 2.30. The zero-order valence-corrected chi connectivity index (χ0v) is 14.9. The standard InChI is InChI=1S/C18H24ClFN2O3/c19-15-2-1-13(9-16(15)20)17-14(10-21-5-8-25-17)11-22-18(23)12-3-6-24-7-4-12/h1-2,9,12,14,17,21H,3-8,10-11H2,(H,22,23)/t14-,17-/m0/s1. The van der Waals surface area contributed by atoms with Crippen molar-refractivity contribution in [1.82, 2.24) is 10.6 Å². The quantitative estimate of drug-likeness (QED) is 0.853. The molecule has 0 aromatic heterocycles. The largest absolute Gasteiger partial charge is 0.381 e. The van der Waals surface area contributed by atoms with Crippen LogP contribution in [0.4, 0.5) is 4.39 Å². The first kappa shape index (κ1) is 18.6. The normalized spacial score (nSPS) is 25.4. The number of ether oxygens (including phenoxy) is 2. The Morgan fingerprint density at radius 1 is 1.32 bits per heavy atom. The van der Waals surface area contributed by atoms with E-state index in [1.165, 1.54) is 6.07 Å². The van der Waals surface area contributed by atoms with Crippen molar-refractivity contribution in [2.45, 2.75) is 18.9 Å². The molecule has 2 atom stereocenters. The molecule has 138 valence electrons. The van der Waals surface area contributed by atoms with E-state index in [2.05, 4.69) is 10.6 Å². The number of nitrogens with one attached hydrogen (secondary N) is 2. The maximum atomic E-state index is 13.8. The second-order valence-corrected chi connectivity index (χ2v) is 6.97. The number of hydrogen-bond donors (Lipinski definition) is 2. The minimum absolute atomic E-state index is 0.0137. The third-order valence-electron chi connectivity index (χ3n) is 4.81. The number of hydrogen-bond acceptors (Lipinski definition) is 4. The molecule has 2 aliphatic heterocycles. The van der Waals surface area contributed by atoms with Gasteiger partial charge in [0.1, 0.15) is 5.82 Å². The average Bonchev–Trinajstić information content (AvgIpc) is 2.88. The van der Waals surface area contributed by atoms with Gasteiger partial charge in [-0.05, 0) is 30.5 Å². The minimum atomic E-state index is -0.454. The first-order chi connectivity index (χ1) is 12.1. The fraction of sp³-hybridized carbons (Fsp3) is 0.611. The summed E-state index contributed by atoms with van der Waals surface area (Å²) in [6.07, 6.45) is 1.24. The van der Waals surface area contributed by atoms with Crippen LogP contribution in [0.5, 0.6) is 0 Å². The van der Waals surface area contributed by atoms with Crippen LogP contribution in [-0.2, 0) is 14.3 Å². The van der Waals surface area contributed by atoms with Crippen molar-refractivity contribution in [3.05, 3.63) is 34.6 Å². The molecule has 2 fully saturated rings. The van der Waals surface area contributed by atoms with Gasteiger partial charge in [-0.2, -0.15) is 0 Å². The summed E-state index contributed by atoms with van der Waals surface area (Å²) >= 11 is 5.78. The Kier molecular flexibility index (Phi) is 6.64. The molecule has 2 heterocycles. The highest BCUT2D eigenvalue weighted by Gasteiger charge is 2.28. The van der Waals surface area contributed by atoms with Crippen molar-refractivity contribution in [1.29, 1.82) is 0 Å². The molecule has 0 unspecified atom stereocenters. The molecule has 0 aliphatic carbocycles. The lowest BCUT2D eigenvalue weighted by molar-refractivity contribution is -0.128. The lowest BCUT2D eigenvalue weighted by Crippen LogP contribution is -2.40. The monoisotopic (exact) mass is 370 g/mol. The highest BCUT2D eigenvalue weighted by molar-refractivity contribution is 6.30. The Bertz CT molecular complexity index is 596. The van der Waals surface area contributed by atoms with Crippen LogP contribution >= 0.6 is 11.6 Å². The van der Waals surface area contributed by atoms with E-state index in [1.807, 2.05) is 0 Å². The fourth-order valence-electron chi connectivity index (χ4n) is 3.36. The molecule has 2 aliphatic rings. The van der Waals surface area contributed by atoms with Crippen molar-refractivity contribution in [3.63, 3.8) is 0 Å². The number of amides is 1. The van der Waals surface area contributed by atoms with Crippen LogP contribution in [0.15, 0.2) is 18.2 Å². The maximum Gasteiger partial charge on any atom is 0.223 e. The second kappa shape index (κ2) is 8.94. The highest BCUT2D eigenvalue weighted by atomic mass is 35.5. The van der Waals surface area contributed by atoms with E-state index in [0.29, 0.717) is 32.9 Å². The Balaban J connectivity index is 1.65. The van der Waals surface area contributed by atoms with E-state index in [4.69, 9.17) is 21.1 Å². The molecule has 7 heteroatoms. The fourth-order valence-corrected chi connectivity index (χ4v) is 3.48. The number of benzene rings is 1. The van der Waals surface area contributed by atoms with Crippen molar-refractivity contribution < 1.29 is 18.7 Å². The summed E-state index contributed by atoms with van der Waals surface area (Å²) in [4.78, 5) is 12.4. The minimum Gasteiger partial charge on any atom is -0.381 e. The lowest BCUT2D eigenvalue weighted by Gasteiger charge is -2.27. The maximum absolute atomic E-state index is 13.8. The van der Waals surface area contributed by atoms with E-state index in [0.717, 1.165) is 24.9 Å². The van der Waals surface area contributed by atoms with Gasteiger partial charge in [-0.25, -0.2) is 4.39 Å². The Hall–Kier alpha value is -1.21. The summed E-state index contributed by atoms with van der Waals surface area (Å²) in [5.41, 5.74) is 0.746. The number of halogens is 2. The summed E-state index contributed by atoms with van der Waals surface area (Å²) in [7, 11) is 0. The molecular formula is C18H24ClFN2O3. The number of rotatable bonds is 4. The van der Waals surface area contributed by atoms with Crippen molar-refractivity contribution in [2.75, 3.05) is 39.5 Å². The van der Waals surface area contributed by atoms with Crippen LogP contribution in [0, 0.1) is 17.7 Å². The zero-order chi connectivity index (χ0) is 17.6. The van der Waals surface area contributed by atoms with Gasteiger partial charge >= 0.3 is 0 Å². The van der Waals surface area contributed by atoms with Crippen LogP contribution in [0.1, 0.15) is 24.5 Å². The molecule has 2 saturated heterocycles. The van der Waals surface area contributed by atoms with Gasteiger partial charge in [0.2, 0.25) is 5.91 Å². The van der Waals surface area contributed by atoms with Gasteiger partial charge < -0.3 is 20.1 Å². The van der Waals surface area contributed by atoms with E-state index in [9.17, 15) is 9.18 Å². The van der Waals surface area contributed by atoms with Crippen LogP contribution in [0.3, 0.4) is 0 Å². The average molecular weight is 371 g/mol. The molecule has 1 amide bonds. The van der Waals surface area contributed by atoms with E-state index in [-0.39, 0.29) is 28.9 Å².